The van der Waals surface area contributed by atoms with Crippen molar-refractivity contribution in [2.75, 3.05) is 20.1 Å². The zero-order valence-corrected chi connectivity index (χ0v) is 14.1. The van der Waals surface area contributed by atoms with Crippen LogP contribution in [0.5, 0.6) is 0 Å². The van der Waals surface area contributed by atoms with E-state index in [1.54, 1.807) is 10.9 Å². The smallest absolute Gasteiger partial charge is 0.257 e. The monoisotopic (exact) mass is 304 g/mol. The fourth-order valence-electron chi connectivity index (χ4n) is 4.24. The molecule has 1 amide bonds. The molecule has 0 bridgehead atoms. The molecule has 1 saturated heterocycles. The van der Waals surface area contributed by atoms with Crippen molar-refractivity contribution in [3.8, 4) is 0 Å². The molecule has 1 saturated carbocycles. The van der Waals surface area contributed by atoms with Crippen molar-refractivity contribution in [3.05, 3.63) is 18.0 Å². The molecule has 1 atom stereocenters. The number of amides is 1. The Morgan fingerprint density at radius 3 is 2.73 bits per heavy atom. The van der Waals surface area contributed by atoms with Crippen LogP contribution in [0.4, 0.5) is 0 Å². The number of hydrogen-bond donors (Lipinski definition) is 0. The van der Waals surface area contributed by atoms with E-state index < -0.39 is 0 Å². The second-order valence-electron chi connectivity index (χ2n) is 7.03. The fraction of sp³-hybridized carbons (Fsp3) is 0.765. The molecule has 0 N–H and O–H groups in total. The van der Waals surface area contributed by atoms with Crippen LogP contribution in [0, 0.1) is 0 Å². The van der Waals surface area contributed by atoms with Crippen LogP contribution in [-0.4, -0.2) is 57.2 Å². The Labute approximate surface area is 133 Å². The Bertz CT molecular complexity index is 533. The van der Waals surface area contributed by atoms with E-state index in [1.807, 2.05) is 13.2 Å². The molecule has 2 heterocycles. The molecule has 5 nitrogen and oxygen atoms in total. The Hall–Kier alpha value is -1.36. The molecule has 22 heavy (non-hydrogen) atoms. The molecule has 1 aromatic heterocycles. The maximum Gasteiger partial charge on any atom is 0.257 e. The topological polar surface area (TPSA) is 41.4 Å². The molecule has 1 aliphatic heterocycles. The molecule has 1 aromatic rings. The molecule has 1 aliphatic carbocycles. The van der Waals surface area contributed by atoms with Crippen molar-refractivity contribution in [2.45, 2.75) is 57.0 Å². The molecule has 2 aliphatic rings. The summed E-state index contributed by atoms with van der Waals surface area (Å²) < 4.78 is 1.71. The quantitative estimate of drug-likeness (QED) is 0.860. The molecule has 0 radical (unpaired) electrons. The molecule has 3 rings (SSSR count). The van der Waals surface area contributed by atoms with Gasteiger partial charge in [0.25, 0.3) is 5.91 Å². The van der Waals surface area contributed by atoms with E-state index in [2.05, 4.69) is 28.9 Å². The minimum absolute atomic E-state index is 0.0826. The van der Waals surface area contributed by atoms with Gasteiger partial charge in [-0.2, -0.15) is 5.10 Å². The maximum atomic E-state index is 13.0. The van der Waals surface area contributed by atoms with Gasteiger partial charge < -0.3 is 9.80 Å². The number of carbonyl (C=O) groups excluding carboxylic acids is 1. The van der Waals surface area contributed by atoms with Crippen LogP contribution in [0.15, 0.2) is 12.4 Å². The number of carbonyl (C=O) groups is 1. The fourth-order valence-corrected chi connectivity index (χ4v) is 4.24. The first kappa shape index (κ1) is 15.5. The minimum atomic E-state index is 0.0826. The van der Waals surface area contributed by atoms with Crippen molar-refractivity contribution < 1.29 is 4.79 Å². The van der Waals surface area contributed by atoms with Crippen LogP contribution in [-0.2, 0) is 7.05 Å². The van der Waals surface area contributed by atoms with Gasteiger partial charge in [-0.05, 0) is 32.9 Å². The van der Waals surface area contributed by atoms with Crippen LogP contribution in [0.1, 0.15) is 55.8 Å². The van der Waals surface area contributed by atoms with Crippen molar-refractivity contribution in [1.29, 1.82) is 0 Å². The average Bonchev–Trinajstić information content (AvgIpc) is 3.11. The summed E-state index contributed by atoms with van der Waals surface area (Å²) in [4.78, 5) is 17.6. The second-order valence-corrected chi connectivity index (χ2v) is 7.03. The van der Waals surface area contributed by atoms with Gasteiger partial charge in [-0.3, -0.25) is 9.48 Å². The van der Waals surface area contributed by atoms with E-state index in [0.29, 0.717) is 6.04 Å². The molecular weight excluding hydrogens is 276 g/mol. The van der Waals surface area contributed by atoms with E-state index in [9.17, 15) is 4.79 Å². The summed E-state index contributed by atoms with van der Waals surface area (Å²) >= 11 is 0. The van der Waals surface area contributed by atoms with Gasteiger partial charge in [-0.15, -0.1) is 0 Å². The highest BCUT2D eigenvalue weighted by Gasteiger charge is 2.49. The average molecular weight is 304 g/mol. The normalized spacial score (nSPS) is 24.4. The lowest BCUT2D eigenvalue weighted by Gasteiger charge is -2.41. The molecule has 5 heteroatoms. The largest absolute Gasteiger partial charge is 0.331 e. The highest BCUT2D eigenvalue weighted by atomic mass is 16.2. The molecule has 0 aromatic carbocycles. The van der Waals surface area contributed by atoms with Gasteiger partial charge in [0.05, 0.1) is 11.8 Å². The van der Waals surface area contributed by atoms with Crippen molar-refractivity contribution in [3.63, 3.8) is 0 Å². The van der Waals surface area contributed by atoms with E-state index in [0.717, 1.165) is 37.9 Å². The van der Waals surface area contributed by atoms with Gasteiger partial charge in [0.1, 0.15) is 0 Å². The minimum Gasteiger partial charge on any atom is -0.331 e. The predicted molar refractivity (Wildman–Crippen MR) is 86.8 cm³/mol. The highest BCUT2D eigenvalue weighted by molar-refractivity contribution is 5.94. The number of likely N-dealkylation sites (N-methyl/N-ethyl adjacent to an activating group) is 1. The van der Waals surface area contributed by atoms with E-state index >= 15 is 0 Å². The summed E-state index contributed by atoms with van der Waals surface area (Å²) in [7, 11) is 4.05. The second kappa shape index (κ2) is 6.03. The van der Waals surface area contributed by atoms with Gasteiger partial charge >= 0.3 is 0 Å². The van der Waals surface area contributed by atoms with Crippen LogP contribution in [0.2, 0.25) is 0 Å². The van der Waals surface area contributed by atoms with Crippen molar-refractivity contribution in [1.82, 2.24) is 19.6 Å². The van der Waals surface area contributed by atoms with E-state index in [-0.39, 0.29) is 11.4 Å². The molecule has 2 fully saturated rings. The third-order valence-corrected chi connectivity index (χ3v) is 5.68. The van der Waals surface area contributed by atoms with Crippen LogP contribution >= 0.6 is 0 Å². The lowest BCUT2D eigenvalue weighted by molar-refractivity contribution is 0.0499. The summed E-state index contributed by atoms with van der Waals surface area (Å²) in [6, 6.07) is 0.490. The van der Waals surface area contributed by atoms with Gasteiger partial charge in [-0.1, -0.05) is 26.2 Å². The summed E-state index contributed by atoms with van der Waals surface area (Å²) in [5.41, 5.74) is 0.812. The molecular formula is C17H28N4O. The van der Waals surface area contributed by atoms with Crippen molar-refractivity contribution in [2.24, 2.45) is 7.05 Å². The third kappa shape index (κ3) is 2.67. The zero-order valence-electron chi connectivity index (χ0n) is 14.1. The Balaban J connectivity index is 1.86. The molecule has 122 valence electrons. The Morgan fingerprint density at radius 1 is 1.41 bits per heavy atom. The summed E-state index contributed by atoms with van der Waals surface area (Å²) in [5.74, 6) is 0.169. The number of hydrogen-bond acceptors (Lipinski definition) is 3. The SMILES string of the molecule is CCN(C)C1CN(C(=O)c2cnn(C)c2)C2(CCCCC2)C1. The lowest BCUT2D eigenvalue weighted by atomic mass is 9.79. The zero-order chi connectivity index (χ0) is 15.7. The Kier molecular flexibility index (Phi) is 4.26. The maximum absolute atomic E-state index is 13.0. The van der Waals surface area contributed by atoms with E-state index in [1.165, 1.54) is 19.3 Å². The van der Waals surface area contributed by atoms with Gasteiger partial charge in [0, 0.05) is 31.4 Å². The first-order chi connectivity index (χ1) is 10.6. The van der Waals surface area contributed by atoms with Crippen molar-refractivity contribution >= 4 is 5.91 Å². The Morgan fingerprint density at radius 2 is 2.14 bits per heavy atom. The van der Waals surface area contributed by atoms with Crippen LogP contribution in [0.25, 0.3) is 0 Å². The van der Waals surface area contributed by atoms with Gasteiger partial charge in [0.15, 0.2) is 0 Å². The summed E-state index contributed by atoms with van der Waals surface area (Å²) in [6.45, 7) is 4.09. The number of likely N-dealkylation sites (tertiary alicyclic amines) is 1. The summed E-state index contributed by atoms with van der Waals surface area (Å²) in [6.07, 6.45) is 10.8. The van der Waals surface area contributed by atoms with E-state index in [4.69, 9.17) is 0 Å². The summed E-state index contributed by atoms with van der Waals surface area (Å²) in [5, 5.41) is 4.17. The lowest BCUT2D eigenvalue weighted by Crippen LogP contribution is -2.48. The molecule has 1 unspecified atom stereocenters. The molecule has 1 spiro atoms. The highest BCUT2D eigenvalue weighted by Crippen LogP contribution is 2.43. The third-order valence-electron chi connectivity index (χ3n) is 5.68. The number of nitrogens with zero attached hydrogens (tertiary/aromatic N) is 4. The first-order valence-corrected chi connectivity index (χ1v) is 8.56. The predicted octanol–water partition coefficient (Wildman–Crippen LogP) is 2.29. The first-order valence-electron chi connectivity index (χ1n) is 8.56. The van der Waals surface area contributed by atoms with Gasteiger partial charge in [-0.25, -0.2) is 0 Å². The number of aryl methyl sites for hydroxylation is 1. The number of rotatable bonds is 3. The number of aromatic nitrogens is 2. The van der Waals surface area contributed by atoms with Crippen LogP contribution < -0.4 is 0 Å². The van der Waals surface area contributed by atoms with Crippen LogP contribution in [0.3, 0.4) is 0 Å². The van der Waals surface area contributed by atoms with Gasteiger partial charge in [0.2, 0.25) is 0 Å². The standard InChI is InChI=1S/C17H28N4O/c1-4-19(2)15-10-17(8-6-5-7-9-17)21(13-15)16(22)14-11-18-20(3)12-14/h11-12,15H,4-10,13H2,1-3H3.